The van der Waals surface area contributed by atoms with Crippen molar-refractivity contribution < 1.29 is 13.6 Å². The second-order valence-corrected chi connectivity index (χ2v) is 4.38. The summed E-state index contributed by atoms with van der Waals surface area (Å²) < 4.78 is 19.9. The number of furan rings is 1. The van der Waals surface area contributed by atoms with Crippen LogP contribution in [0, 0.1) is 12.7 Å². The average molecular weight is 270 g/mol. The van der Waals surface area contributed by atoms with Gasteiger partial charge in [0.2, 0.25) is 0 Å². The highest BCUT2D eigenvalue weighted by molar-refractivity contribution is 5.84. The summed E-state index contributed by atoms with van der Waals surface area (Å²) in [5, 5.41) is 4.33. The van der Waals surface area contributed by atoms with Crippen molar-refractivity contribution in [2.75, 3.05) is 0 Å². The number of nitrogens with zero attached hydrogens (tertiary/aromatic N) is 2. The number of carbonyl (C=O) groups is 1. The Morgan fingerprint density at radius 3 is 2.55 bits per heavy atom. The van der Waals surface area contributed by atoms with Crippen molar-refractivity contribution >= 4 is 6.29 Å². The first kappa shape index (κ1) is 12.3. The van der Waals surface area contributed by atoms with Crippen molar-refractivity contribution in [2.45, 2.75) is 6.92 Å². The lowest BCUT2D eigenvalue weighted by Crippen LogP contribution is -1.94. The minimum absolute atomic E-state index is 0.321. The SMILES string of the molecule is Cc1ccc(-c2nn(-c3ccc(F)cc3)cc2C=O)o1. The zero-order valence-electron chi connectivity index (χ0n) is 10.7. The highest BCUT2D eigenvalue weighted by Gasteiger charge is 2.14. The van der Waals surface area contributed by atoms with E-state index in [1.165, 1.54) is 16.8 Å². The van der Waals surface area contributed by atoms with Crippen LogP contribution in [0.3, 0.4) is 0 Å². The van der Waals surface area contributed by atoms with Gasteiger partial charge in [0, 0.05) is 6.20 Å². The highest BCUT2D eigenvalue weighted by Crippen LogP contribution is 2.24. The molecule has 2 heterocycles. The van der Waals surface area contributed by atoms with Gasteiger partial charge in [-0.15, -0.1) is 0 Å². The van der Waals surface area contributed by atoms with Gasteiger partial charge >= 0.3 is 0 Å². The molecule has 0 saturated heterocycles. The Bertz CT molecular complexity index is 757. The van der Waals surface area contributed by atoms with Gasteiger partial charge in [0.25, 0.3) is 0 Å². The van der Waals surface area contributed by atoms with Crippen LogP contribution >= 0.6 is 0 Å². The van der Waals surface area contributed by atoms with E-state index in [4.69, 9.17) is 4.42 Å². The van der Waals surface area contributed by atoms with E-state index in [0.717, 1.165) is 12.0 Å². The maximum absolute atomic E-state index is 12.9. The maximum Gasteiger partial charge on any atom is 0.155 e. The third kappa shape index (κ3) is 2.14. The lowest BCUT2D eigenvalue weighted by atomic mass is 10.2. The summed E-state index contributed by atoms with van der Waals surface area (Å²) in [6.45, 7) is 1.82. The monoisotopic (exact) mass is 270 g/mol. The molecule has 3 rings (SSSR count). The van der Waals surface area contributed by atoms with Crippen molar-refractivity contribution in [1.29, 1.82) is 0 Å². The van der Waals surface area contributed by atoms with E-state index in [1.807, 2.05) is 6.92 Å². The molecule has 1 aromatic carbocycles. The fraction of sp³-hybridized carbons (Fsp3) is 0.0667. The summed E-state index contributed by atoms with van der Waals surface area (Å²) in [6, 6.07) is 9.44. The van der Waals surface area contributed by atoms with Gasteiger partial charge in [-0.05, 0) is 43.3 Å². The van der Waals surface area contributed by atoms with E-state index in [2.05, 4.69) is 5.10 Å². The van der Waals surface area contributed by atoms with Gasteiger partial charge in [-0.2, -0.15) is 5.10 Å². The summed E-state index contributed by atoms with van der Waals surface area (Å²) in [4.78, 5) is 11.2. The topological polar surface area (TPSA) is 48.0 Å². The molecule has 2 aromatic heterocycles. The number of aromatic nitrogens is 2. The summed E-state index contributed by atoms with van der Waals surface area (Å²) in [5.41, 5.74) is 1.56. The molecule has 0 spiro atoms. The van der Waals surface area contributed by atoms with Gasteiger partial charge in [0.15, 0.2) is 12.0 Å². The van der Waals surface area contributed by atoms with Gasteiger partial charge < -0.3 is 4.42 Å². The quantitative estimate of drug-likeness (QED) is 0.685. The molecule has 20 heavy (non-hydrogen) atoms. The Hall–Kier alpha value is -2.69. The standard InChI is InChI=1S/C15H11FN2O2/c1-10-2-7-14(20-10)15-11(9-19)8-18(17-15)13-5-3-12(16)4-6-13/h2-9H,1H3. The zero-order valence-corrected chi connectivity index (χ0v) is 10.7. The zero-order chi connectivity index (χ0) is 14.1. The van der Waals surface area contributed by atoms with E-state index >= 15 is 0 Å². The molecule has 0 amide bonds. The summed E-state index contributed by atoms with van der Waals surface area (Å²) in [6.07, 6.45) is 2.31. The van der Waals surface area contributed by atoms with Crippen LogP contribution in [-0.4, -0.2) is 16.1 Å². The predicted molar refractivity (Wildman–Crippen MR) is 71.3 cm³/mol. The molecule has 0 aliphatic rings. The van der Waals surface area contributed by atoms with E-state index in [1.54, 1.807) is 30.5 Å². The second-order valence-electron chi connectivity index (χ2n) is 4.38. The van der Waals surface area contributed by atoms with Gasteiger partial charge in [-0.1, -0.05) is 0 Å². The Labute approximate surface area is 114 Å². The molecule has 0 fully saturated rings. The number of aldehydes is 1. The molecule has 0 unspecified atom stereocenters. The molecular weight excluding hydrogens is 259 g/mol. The normalized spacial score (nSPS) is 10.7. The smallest absolute Gasteiger partial charge is 0.155 e. The van der Waals surface area contributed by atoms with Crippen LogP contribution in [0.4, 0.5) is 4.39 Å². The number of hydrogen-bond donors (Lipinski definition) is 0. The minimum Gasteiger partial charge on any atom is -0.460 e. The van der Waals surface area contributed by atoms with E-state index in [0.29, 0.717) is 22.7 Å². The number of halogens is 1. The third-order valence-corrected chi connectivity index (χ3v) is 2.93. The average Bonchev–Trinajstić information content (AvgIpc) is 3.05. The van der Waals surface area contributed by atoms with Crippen molar-refractivity contribution in [2.24, 2.45) is 0 Å². The Morgan fingerprint density at radius 1 is 1.20 bits per heavy atom. The summed E-state index contributed by atoms with van der Waals surface area (Å²) in [5.74, 6) is 0.956. The van der Waals surface area contributed by atoms with Crippen LogP contribution in [0.25, 0.3) is 17.1 Å². The lowest BCUT2D eigenvalue weighted by Gasteiger charge is -1.99. The fourth-order valence-electron chi connectivity index (χ4n) is 1.95. The van der Waals surface area contributed by atoms with Crippen LogP contribution < -0.4 is 0 Å². The molecule has 3 aromatic rings. The summed E-state index contributed by atoms with van der Waals surface area (Å²) in [7, 11) is 0. The fourth-order valence-corrected chi connectivity index (χ4v) is 1.95. The van der Waals surface area contributed by atoms with E-state index in [-0.39, 0.29) is 5.82 Å². The molecular formula is C15H11FN2O2. The first-order valence-electron chi connectivity index (χ1n) is 6.05. The Balaban J connectivity index is 2.09. The van der Waals surface area contributed by atoms with Gasteiger partial charge in [0.05, 0.1) is 11.3 Å². The molecule has 0 atom stereocenters. The van der Waals surface area contributed by atoms with Crippen LogP contribution in [0.1, 0.15) is 16.1 Å². The largest absolute Gasteiger partial charge is 0.460 e. The molecule has 0 radical (unpaired) electrons. The predicted octanol–water partition coefficient (Wildman–Crippen LogP) is 3.39. The van der Waals surface area contributed by atoms with Gasteiger partial charge in [0.1, 0.15) is 17.3 Å². The molecule has 100 valence electrons. The molecule has 0 saturated carbocycles. The number of benzene rings is 1. The first-order chi connectivity index (χ1) is 9.67. The second kappa shape index (κ2) is 4.77. The summed E-state index contributed by atoms with van der Waals surface area (Å²) >= 11 is 0. The lowest BCUT2D eigenvalue weighted by molar-refractivity contribution is 0.112. The van der Waals surface area contributed by atoms with Crippen LogP contribution in [0.2, 0.25) is 0 Å². The molecule has 0 bridgehead atoms. The molecule has 4 nitrogen and oxygen atoms in total. The number of hydrogen-bond acceptors (Lipinski definition) is 3. The number of aryl methyl sites for hydroxylation is 1. The maximum atomic E-state index is 12.9. The Morgan fingerprint density at radius 2 is 1.95 bits per heavy atom. The van der Waals surface area contributed by atoms with Crippen molar-refractivity contribution in [3.8, 4) is 17.1 Å². The molecule has 0 aliphatic carbocycles. The minimum atomic E-state index is -0.321. The molecule has 0 N–H and O–H groups in total. The molecule has 0 aliphatic heterocycles. The number of rotatable bonds is 3. The van der Waals surface area contributed by atoms with Gasteiger partial charge in [-0.25, -0.2) is 9.07 Å². The van der Waals surface area contributed by atoms with Crippen molar-refractivity contribution in [1.82, 2.24) is 9.78 Å². The van der Waals surface area contributed by atoms with E-state index < -0.39 is 0 Å². The van der Waals surface area contributed by atoms with Crippen molar-refractivity contribution in [3.05, 3.63) is 59.7 Å². The number of carbonyl (C=O) groups excluding carboxylic acids is 1. The molecule has 5 heteroatoms. The highest BCUT2D eigenvalue weighted by atomic mass is 19.1. The van der Waals surface area contributed by atoms with Crippen LogP contribution in [0.15, 0.2) is 47.0 Å². The third-order valence-electron chi connectivity index (χ3n) is 2.93. The van der Waals surface area contributed by atoms with E-state index in [9.17, 15) is 9.18 Å². The Kier molecular flexibility index (Phi) is 2.95. The first-order valence-corrected chi connectivity index (χ1v) is 6.05. The van der Waals surface area contributed by atoms with Gasteiger partial charge in [-0.3, -0.25) is 4.79 Å². The van der Waals surface area contributed by atoms with Crippen LogP contribution in [0.5, 0.6) is 0 Å². The van der Waals surface area contributed by atoms with Crippen molar-refractivity contribution in [3.63, 3.8) is 0 Å². The van der Waals surface area contributed by atoms with Crippen LogP contribution in [-0.2, 0) is 0 Å².